The number of ether oxygens (including phenoxy) is 1. The van der Waals surface area contributed by atoms with Gasteiger partial charge in [-0.1, -0.05) is 6.07 Å². The van der Waals surface area contributed by atoms with E-state index in [1.807, 2.05) is 50.3 Å². The van der Waals surface area contributed by atoms with Gasteiger partial charge in [-0.15, -0.1) is 0 Å². The van der Waals surface area contributed by atoms with Crippen LogP contribution in [0, 0.1) is 6.92 Å². The van der Waals surface area contributed by atoms with Crippen molar-refractivity contribution < 1.29 is 9.53 Å². The summed E-state index contributed by atoms with van der Waals surface area (Å²) in [6, 6.07) is 5.74. The molecule has 0 saturated heterocycles. The average molecular weight is 232 g/mol. The quantitative estimate of drug-likeness (QED) is 0.710. The summed E-state index contributed by atoms with van der Waals surface area (Å²) in [7, 11) is 0. The molecule has 0 N–H and O–H groups in total. The van der Waals surface area contributed by atoms with E-state index in [0.717, 1.165) is 11.3 Å². The Bertz CT molecular complexity index is 564. The van der Waals surface area contributed by atoms with Crippen molar-refractivity contribution in [1.82, 2.24) is 9.38 Å². The zero-order valence-electron chi connectivity index (χ0n) is 10.5. The summed E-state index contributed by atoms with van der Waals surface area (Å²) in [5.41, 5.74) is 1.63. The van der Waals surface area contributed by atoms with Crippen molar-refractivity contribution in [2.24, 2.45) is 0 Å². The van der Waals surface area contributed by atoms with Crippen molar-refractivity contribution in [1.29, 1.82) is 0 Å². The van der Waals surface area contributed by atoms with Crippen molar-refractivity contribution >= 4 is 11.6 Å². The van der Waals surface area contributed by atoms with Gasteiger partial charge < -0.3 is 9.14 Å². The second-order valence-electron chi connectivity index (χ2n) is 5.02. The van der Waals surface area contributed by atoms with Crippen molar-refractivity contribution in [3.05, 3.63) is 35.8 Å². The number of fused-ring (bicyclic) bond motifs is 1. The smallest absolute Gasteiger partial charge is 0.359 e. The summed E-state index contributed by atoms with van der Waals surface area (Å²) in [4.78, 5) is 16.1. The monoisotopic (exact) mass is 232 g/mol. The Kier molecular flexibility index (Phi) is 2.65. The van der Waals surface area contributed by atoms with Crippen LogP contribution in [0.1, 0.15) is 37.0 Å². The lowest BCUT2D eigenvalue weighted by Crippen LogP contribution is -2.24. The van der Waals surface area contributed by atoms with E-state index in [2.05, 4.69) is 4.98 Å². The maximum absolute atomic E-state index is 11.8. The third-order valence-corrected chi connectivity index (χ3v) is 2.30. The van der Waals surface area contributed by atoms with Crippen LogP contribution < -0.4 is 0 Å². The Morgan fingerprint density at radius 2 is 2.06 bits per heavy atom. The van der Waals surface area contributed by atoms with Crippen LogP contribution in [0.15, 0.2) is 24.4 Å². The lowest BCUT2D eigenvalue weighted by molar-refractivity contribution is 0.00636. The third-order valence-electron chi connectivity index (χ3n) is 2.30. The molecule has 0 spiro atoms. The van der Waals surface area contributed by atoms with Crippen LogP contribution in [-0.2, 0) is 4.74 Å². The van der Waals surface area contributed by atoms with Crippen LogP contribution in [0.3, 0.4) is 0 Å². The average Bonchev–Trinajstić information content (AvgIpc) is 2.60. The minimum absolute atomic E-state index is 0.342. The molecule has 0 aromatic carbocycles. The number of imidazole rings is 1. The number of hydrogen-bond acceptors (Lipinski definition) is 3. The third kappa shape index (κ3) is 2.46. The molecule has 2 aromatic heterocycles. The van der Waals surface area contributed by atoms with E-state index in [1.165, 1.54) is 0 Å². The zero-order valence-corrected chi connectivity index (χ0v) is 10.5. The largest absolute Gasteiger partial charge is 0.455 e. The molecule has 0 aliphatic heterocycles. The number of aromatic nitrogens is 2. The number of hydrogen-bond donors (Lipinski definition) is 0. The SMILES string of the molecule is Cc1cccc2nc(C(=O)OC(C)(C)C)cn12. The van der Waals surface area contributed by atoms with Gasteiger partial charge in [0.2, 0.25) is 0 Å². The molecule has 4 nitrogen and oxygen atoms in total. The number of rotatable bonds is 1. The van der Waals surface area contributed by atoms with Gasteiger partial charge in [-0.3, -0.25) is 0 Å². The van der Waals surface area contributed by atoms with Gasteiger partial charge in [0.15, 0.2) is 5.69 Å². The number of esters is 1. The molecule has 0 atom stereocenters. The maximum Gasteiger partial charge on any atom is 0.359 e. The first-order valence-electron chi connectivity index (χ1n) is 5.55. The number of pyridine rings is 1. The van der Waals surface area contributed by atoms with Crippen molar-refractivity contribution in [2.75, 3.05) is 0 Å². The van der Waals surface area contributed by atoms with Gasteiger partial charge >= 0.3 is 5.97 Å². The second-order valence-corrected chi connectivity index (χ2v) is 5.02. The number of aryl methyl sites for hydroxylation is 1. The first-order valence-corrected chi connectivity index (χ1v) is 5.55. The molecule has 4 heteroatoms. The van der Waals surface area contributed by atoms with Crippen LogP contribution in [0.4, 0.5) is 0 Å². The summed E-state index contributed by atoms with van der Waals surface area (Å²) >= 11 is 0. The summed E-state index contributed by atoms with van der Waals surface area (Å²) in [6.07, 6.45) is 1.71. The Hall–Kier alpha value is -1.84. The molecule has 0 unspecified atom stereocenters. The normalized spacial score (nSPS) is 11.8. The van der Waals surface area contributed by atoms with Crippen molar-refractivity contribution in [3.8, 4) is 0 Å². The topological polar surface area (TPSA) is 43.6 Å². The molecule has 2 heterocycles. The Morgan fingerprint density at radius 3 is 2.65 bits per heavy atom. The number of nitrogens with zero attached hydrogens (tertiary/aromatic N) is 2. The summed E-state index contributed by atoms with van der Waals surface area (Å²) in [5, 5.41) is 0. The van der Waals surface area contributed by atoms with Gasteiger partial charge in [-0.2, -0.15) is 0 Å². The molecule has 0 saturated carbocycles. The maximum atomic E-state index is 11.8. The first kappa shape index (κ1) is 11.6. The molecular formula is C13H16N2O2. The number of carbonyl (C=O) groups excluding carboxylic acids is 1. The zero-order chi connectivity index (χ0) is 12.6. The Balaban J connectivity index is 2.37. The van der Waals surface area contributed by atoms with Crippen LogP contribution in [0.25, 0.3) is 5.65 Å². The Labute approximate surface area is 100 Å². The predicted octanol–water partition coefficient (Wildman–Crippen LogP) is 2.60. The van der Waals surface area contributed by atoms with E-state index in [1.54, 1.807) is 6.20 Å². The molecule has 0 fully saturated rings. The van der Waals surface area contributed by atoms with Crippen LogP contribution in [-0.4, -0.2) is 21.0 Å². The molecule has 0 aliphatic rings. The van der Waals surface area contributed by atoms with Gasteiger partial charge in [-0.25, -0.2) is 9.78 Å². The van der Waals surface area contributed by atoms with E-state index in [9.17, 15) is 4.79 Å². The van der Waals surface area contributed by atoms with Gasteiger partial charge in [0.25, 0.3) is 0 Å². The minimum atomic E-state index is -0.498. The van der Waals surface area contributed by atoms with E-state index in [-0.39, 0.29) is 5.97 Å². The molecule has 90 valence electrons. The number of carbonyl (C=O) groups is 1. The molecule has 2 aromatic rings. The molecular weight excluding hydrogens is 216 g/mol. The van der Waals surface area contributed by atoms with E-state index in [4.69, 9.17) is 4.74 Å². The predicted molar refractivity (Wildman–Crippen MR) is 65.1 cm³/mol. The first-order chi connectivity index (χ1) is 7.87. The van der Waals surface area contributed by atoms with Crippen molar-refractivity contribution in [3.63, 3.8) is 0 Å². The minimum Gasteiger partial charge on any atom is -0.455 e. The molecule has 17 heavy (non-hydrogen) atoms. The standard InChI is InChI=1S/C13H16N2O2/c1-9-6-5-7-11-14-10(8-15(9)11)12(16)17-13(2,3)4/h5-8H,1-4H3. The van der Waals surface area contributed by atoms with Crippen molar-refractivity contribution in [2.45, 2.75) is 33.3 Å². The van der Waals surface area contributed by atoms with Gasteiger partial charge in [0.05, 0.1) is 0 Å². The molecule has 0 radical (unpaired) electrons. The second kappa shape index (κ2) is 3.87. The van der Waals surface area contributed by atoms with E-state index < -0.39 is 5.60 Å². The molecule has 0 aliphatic carbocycles. The lowest BCUT2D eigenvalue weighted by atomic mass is 10.2. The van der Waals surface area contributed by atoms with E-state index >= 15 is 0 Å². The molecule has 2 rings (SSSR count). The van der Waals surface area contributed by atoms with Crippen LogP contribution in [0.5, 0.6) is 0 Å². The highest BCUT2D eigenvalue weighted by atomic mass is 16.6. The lowest BCUT2D eigenvalue weighted by Gasteiger charge is -2.18. The van der Waals surface area contributed by atoms with Crippen LogP contribution in [0.2, 0.25) is 0 Å². The molecule has 0 amide bonds. The van der Waals surface area contributed by atoms with Crippen LogP contribution >= 0.6 is 0 Å². The fraction of sp³-hybridized carbons (Fsp3) is 0.385. The summed E-state index contributed by atoms with van der Waals surface area (Å²) < 4.78 is 7.15. The summed E-state index contributed by atoms with van der Waals surface area (Å²) in [5.74, 6) is -0.388. The fourth-order valence-electron chi connectivity index (χ4n) is 1.58. The Morgan fingerprint density at radius 1 is 1.35 bits per heavy atom. The fourth-order valence-corrected chi connectivity index (χ4v) is 1.58. The van der Waals surface area contributed by atoms with Gasteiger partial charge in [0, 0.05) is 11.9 Å². The highest BCUT2D eigenvalue weighted by Gasteiger charge is 2.20. The van der Waals surface area contributed by atoms with Gasteiger partial charge in [0.1, 0.15) is 11.2 Å². The summed E-state index contributed by atoms with van der Waals surface area (Å²) in [6.45, 7) is 7.48. The van der Waals surface area contributed by atoms with Gasteiger partial charge in [-0.05, 0) is 39.8 Å². The van der Waals surface area contributed by atoms with E-state index in [0.29, 0.717) is 5.69 Å². The highest BCUT2D eigenvalue weighted by Crippen LogP contribution is 2.13. The molecule has 0 bridgehead atoms. The highest BCUT2D eigenvalue weighted by molar-refractivity contribution is 5.88.